The first-order valence-corrected chi connectivity index (χ1v) is 16.6. The summed E-state index contributed by atoms with van der Waals surface area (Å²) in [5.74, 6) is -3.44. The van der Waals surface area contributed by atoms with Crippen LogP contribution in [0, 0.1) is 0 Å². The Morgan fingerprint density at radius 2 is 1.73 bits per heavy atom. The summed E-state index contributed by atoms with van der Waals surface area (Å²) < 4.78 is 89.9. The number of carbonyl (C=O) groups excluding carboxylic acids is 2. The van der Waals surface area contributed by atoms with Gasteiger partial charge in [0.2, 0.25) is 15.9 Å². The van der Waals surface area contributed by atoms with Crippen LogP contribution in [0.5, 0.6) is 17.4 Å². The molecule has 1 aromatic heterocycles. The monoisotopic (exact) mass is 688 g/mol. The highest BCUT2D eigenvalue weighted by Crippen LogP contribution is 2.41. The summed E-state index contributed by atoms with van der Waals surface area (Å²) in [7, 11) is -7.69. The van der Waals surface area contributed by atoms with E-state index in [0.717, 1.165) is 30.0 Å². The number of alkyl halides is 2. The second-order valence-corrected chi connectivity index (χ2v) is 14.2. The standard InChI is InChI=1S/C26H20Cl2F2N4O8S2/c27-17-6-16(34-23(36)8-19(35)24(32-34)26(29)30)7-18(28)25(17)42-22-9-21(44(39,40)33-15-12-43(37,38)13-15)20(10-31-22)41-11-14-4-2-1-3-5-14/h1-7,9-10,15,26,33H,8,11-13H2. The Bertz CT molecular complexity index is 1860. The molecule has 1 fully saturated rings. The topological polar surface area (TPSA) is 161 Å². The molecule has 0 radical (unpaired) electrons. The van der Waals surface area contributed by atoms with Gasteiger partial charge >= 0.3 is 0 Å². The predicted octanol–water partition coefficient (Wildman–Crippen LogP) is 3.76. The molecule has 0 atom stereocenters. The normalized spacial score (nSPS) is 16.9. The molecule has 0 spiro atoms. The minimum atomic E-state index is -4.36. The van der Waals surface area contributed by atoms with Crippen LogP contribution in [0.3, 0.4) is 0 Å². The number of ether oxygens (including phenoxy) is 2. The zero-order chi connectivity index (χ0) is 31.8. The van der Waals surface area contributed by atoms with Gasteiger partial charge in [-0.25, -0.2) is 35.3 Å². The second-order valence-electron chi connectivity index (χ2n) is 9.57. The molecule has 2 aromatic carbocycles. The highest BCUT2D eigenvalue weighted by molar-refractivity contribution is 7.93. The number of halogens is 4. The van der Waals surface area contributed by atoms with Crippen LogP contribution in [-0.4, -0.2) is 63.2 Å². The van der Waals surface area contributed by atoms with Crippen molar-refractivity contribution in [2.75, 3.05) is 16.5 Å². The molecule has 2 aliphatic rings. The Kier molecular flexibility index (Phi) is 8.91. The van der Waals surface area contributed by atoms with Gasteiger partial charge in [-0.05, 0) is 17.7 Å². The van der Waals surface area contributed by atoms with Gasteiger partial charge in [-0.3, -0.25) is 9.59 Å². The number of anilines is 1. The van der Waals surface area contributed by atoms with Gasteiger partial charge in [-0.2, -0.15) is 10.1 Å². The van der Waals surface area contributed by atoms with Crippen LogP contribution in [0.2, 0.25) is 10.0 Å². The van der Waals surface area contributed by atoms with E-state index >= 15 is 0 Å². The van der Waals surface area contributed by atoms with Crippen LogP contribution >= 0.6 is 23.2 Å². The van der Waals surface area contributed by atoms with Crippen LogP contribution in [-0.2, 0) is 36.1 Å². The van der Waals surface area contributed by atoms with E-state index < -0.39 is 61.0 Å². The molecule has 3 heterocycles. The fourth-order valence-corrected chi connectivity index (χ4v) is 7.61. The lowest BCUT2D eigenvalue weighted by molar-refractivity contribution is -0.124. The minimum Gasteiger partial charge on any atom is -0.486 e. The number of rotatable bonds is 10. The van der Waals surface area contributed by atoms with Crippen molar-refractivity contribution in [1.29, 1.82) is 0 Å². The summed E-state index contributed by atoms with van der Waals surface area (Å²) in [6.45, 7) is -0.0151. The summed E-state index contributed by atoms with van der Waals surface area (Å²) in [5.41, 5.74) is -0.504. The molecule has 18 heteroatoms. The van der Waals surface area contributed by atoms with Crippen LogP contribution in [0.4, 0.5) is 14.5 Å². The zero-order valence-electron chi connectivity index (χ0n) is 22.1. The zero-order valence-corrected chi connectivity index (χ0v) is 25.3. The first kappa shape index (κ1) is 31.7. The number of pyridine rings is 1. The molecule has 44 heavy (non-hydrogen) atoms. The molecular weight excluding hydrogens is 669 g/mol. The molecule has 2 aliphatic heterocycles. The van der Waals surface area contributed by atoms with Crippen molar-refractivity contribution in [2.24, 2.45) is 5.10 Å². The smallest absolute Gasteiger partial charge is 0.285 e. The van der Waals surface area contributed by atoms with Crippen LogP contribution in [0.1, 0.15) is 12.0 Å². The summed E-state index contributed by atoms with van der Waals surface area (Å²) in [6.07, 6.45) is -2.96. The molecule has 0 saturated carbocycles. The molecule has 0 bridgehead atoms. The Morgan fingerprint density at radius 3 is 2.34 bits per heavy atom. The van der Waals surface area contributed by atoms with Crippen molar-refractivity contribution >= 4 is 66.2 Å². The van der Waals surface area contributed by atoms with E-state index in [1.165, 1.54) is 0 Å². The number of hydrazone groups is 1. The number of nitrogens with one attached hydrogen (secondary N) is 1. The lowest BCUT2D eigenvalue weighted by atomic mass is 10.1. The number of carbonyl (C=O) groups is 2. The van der Waals surface area contributed by atoms with Crippen molar-refractivity contribution in [3.8, 4) is 17.4 Å². The Balaban J connectivity index is 1.45. The maximum Gasteiger partial charge on any atom is 0.285 e. The first-order chi connectivity index (χ1) is 20.7. The Labute approximate surface area is 259 Å². The molecule has 1 N–H and O–H groups in total. The maximum atomic E-state index is 13.3. The van der Waals surface area contributed by atoms with Gasteiger partial charge in [0.25, 0.3) is 12.3 Å². The van der Waals surface area contributed by atoms with Crippen molar-refractivity contribution < 1.29 is 44.7 Å². The van der Waals surface area contributed by atoms with Crippen molar-refractivity contribution in [1.82, 2.24) is 9.71 Å². The number of hydrogen-bond donors (Lipinski definition) is 1. The lowest BCUT2D eigenvalue weighted by Gasteiger charge is -2.26. The quantitative estimate of drug-likeness (QED) is 0.313. The third kappa shape index (κ3) is 6.99. The molecule has 232 valence electrons. The van der Waals surface area contributed by atoms with Gasteiger partial charge in [0.05, 0.1) is 39.9 Å². The Hall–Kier alpha value is -3.70. The number of nitrogens with zero attached hydrogens (tertiary/aromatic N) is 3. The molecule has 3 aromatic rings. The molecule has 1 saturated heterocycles. The SMILES string of the molecule is O=C1CC(=O)N(c2cc(Cl)c(Oc3cc(S(=O)(=O)NC4CS(=O)(=O)C4)c(OCc4ccccc4)cn3)c(Cl)c2)N=C1C(F)F. The molecule has 0 unspecified atom stereocenters. The molecular formula is C26H20Cl2F2N4O8S2. The van der Waals surface area contributed by atoms with Gasteiger partial charge in [0.15, 0.2) is 32.8 Å². The fourth-order valence-electron chi connectivity index (χ4n) is 4.19. The van der Waals surface area contributed by atoms with Crippen LogP contribution in [0.25, 0.3) is 0 Å². The number of Topliss-reactive ketones (excluding diaryl/α,β-unsaturated/α-hetero) is 1. The number of ketones is 1. The van der Waals surface area contributed by atoms with E-state index in [-0.39, 0.29) is 51.2 Å². The summed E-state index contributed by atoms with van der Waals surface area (Å²) in [6, 6.07) is 11.3. The molecule has 5 rings (SSSR count). The Morgan fingerprint density at radius 1 is 1.07 bits per heavy atom. The van der Waals surface area contributed by atoms with E-state index in [1.807, 2.05) is 0 Å². The van der Waals surface area contributed by atoms with Crippen LogP contribution in [0.15, 0.2) is 64.7 Å². The third-order valence-corrected chi connectivity index (χ3v) is 10.2. The molecule has 12 nitrogen and oxygen atoms in total. The fraction of sp³-hybridized carbons (Fsp3) is 0.231. The number of amides is 1. The average Bonchev–Trinajstić information content (AvgIpc) is 2.93. The van der Waals surface area contributed by atoms with E-state index in [1.54, 1.807) is 30.3 Å². The highest BCUT2D eigenvalue weighted by atomic mass is 35.5. The predicted molar refractivity (Wildman–Crippen MR) is 155 cm³/mol. The summed E-state index contributed by atoms with van der Waals surface area (Å²) in [4.78, 5) is 27.7. The molecule has 1 amide bonds. The summed E-state index contributed by atoms with van der Waals surface area (Å²) >= 11 is 12.7. The minimum absolute atomic E-state index is 0.0151. The second kappa shape index (κ2) is 12.4. The molecule has 0 aliphatic carbocycles. The van der Waals surface area contributed by atoms with Gasteiger partial charge in [-0.1, -0.05) is 53.5 Å². The number of hydrogen-bond acceptors (Lipinski definition) is 10. The number of sulfone groups is 1. The van der Waals surface area contributed by atoms with Gasteiger partial charge < -0.3 is 9.47 Å². The van der Waals surface area contributed by atoms with Crippen molar-refractivity contribution in [3.05, 3.63) is 70.3 Å². The largest absolute Gasteiger partial charge is 0.486 e. The van der Waals surface area contributed by atoms with Gasteiger partial charge in [0.1, 0.15) is 11.5 Å². The van der Waals surface area contributed by atoms with Crippen molar-refractivity contribution in [2.45, 2.75) is 30.4 Å². The maximum absolute atomic E-state index is 13.3. The van der Waals surface area contributed by atoms with Gasteiger partial charge in [-0.15, -0.1) is 0 Å². The third-order valence-electron chi connectivity index (χ3n) is 6.25. The summed E-state index contributed by atoms with van der Waals surface area (Å²) in [5, 5.41) is 3.54. The number of benzene rings is 2. The number of aromatic nitrogens is 1. The van der Waals surface area contributed by atoms with E-state index in [0.29, 0.717) is 5.01 Å². The van der Waals surface area contributed by atoms with E-state index in [4.69, 9.17) is 32.7 Å². The van der Waals surface area contributed by atoms with E-state index in [2.05, 4.69) is 14.8 Å². The van der Waals surface area contributed by atoms with E-state index in [9.17, 15) is 35.2 Å². The highest BCUT2D eigenvalue weighted by Gasteiger charge is 2.38. The van der Waals surface area contributed by atoms with Crippen LogP contribution < -0.4 is 19.2 Å². The lowest BCUT2D eigenvalue weighted by Crippen LogP contribution is -2.52. The van der Waals surface area contributed by atoms with Gasteiger partial charge in [0, 0.05) is 12.1 Å². The average molecular weight is 690 g/mol. The number of sulfonamides is 1. The van der Waals surface area contributed by atoms with Crippen molar-refractivity contribution in [3.63, 3.8) is 0 Å². The first-order valence-electron chi connectivity index (χ1n) is 12.5.